The Morgan fingerprint density at radius 2 is 1.46 bits per heavy atom. The quantitative estimate of drug-likeness (QED) is 0.181. The van der Waals surface area contributed by atoms with E-state index >= 15 is 0 Å². The maximum absolute atomic E-state index is 12.7. The van der Waals surface area contributed by atoms with Crippen molar-refractivity contribution in [2.45, 2.75) is 124 Å². The molecule has 0 radical (unpaired) electrons. The number of ether oxygens (including phenoxy) is 2. The summed E-state index contributed by atoms with van der Waals surface area (Å²) in [6.45, 7) is 24.2. The van der Waals surface area contributed by atoms with Gasteiger partial charge in [-0.3, -0.25) is 9.59 Å². The lowest BCUT2D eigenvalue weighted by atomic mass is 9.79. The van der Waals surface area contributed by atoms with Gasteiger partial charge in [-0.2, -0.15) is 0 Å². The van der Waals surface area contributed by atoms with Crippen molar-refractivity contribution in [3.63, 3.8) is 0 Å². The van der Waals surface area contributed by atoms with Crippen LogP contribution in [0.4, 0.5) is 0 Å². The summed E-state index contributed by atoms with van der Waals surface area (Å²) in [6.07, 6.45) is 3.09. The highest BCUT2D eigenvalue weighted by Gasteiger charge is 2.40. The Morgan fingerprint density at radius 1 is 0.914 bits per heavy atom. The molecule has 1 saturated carbocycles. The summed E-state index contributed by atoms with van der Waals surface area (Å²) in [5.41, 5.74) is -0.480. The lowest BCUT2D eigenvalue weighted by Crippen LogP contribution is -2.52. The molecule has 0 aromatic carbocycles. The second-order valence-corrected chi connectivity index (χ2v) is 26.5. The van der Waals surface area contributed by atoms with Gasteiger partial charge in [-0.15, -0.1) is 0 Å². The molecule has 0 aliphatic heterocycles. The molecule has 0 heterocycles. The van der Waals surface area contributed by atoms with Crippen LogP contribution in [0.25, 0.3) is 0 Å². The van der Waals surface area contributed by atoms with Crippen molar-refractivity contribution in [2.24, 2.45) is 17.3 Å². The van der Waals surface area contributed by atoms with Crippen molar-refractivity contribution in [1.29, 1.82) is 0 Å². The Labute approximate surface area is 218 Å². The molecule has 1 aliphatic carbocycles. The minimum Gasteiger partial charge on any atom is -0.437 e. The monoisotopic (exact) mass is 546 g/mol. The summed E-state index contributed by atoms with van der Waals surface area (Å²) in [6, 6.07) is 0.975. The average molecular weight is 547 g/mol. The Kier molecular flexibility index (Phi) is 12.3. The zero-order chi connectivity index (χ0) is 27.2. The van der Waals surface area contributed by atoms with Crippen molar-refractivity contribution in [3.05, 3.63) is 0 Å². The van der Waals surface area contributed by atoms with E-state index in [0.29, 0.717) is 18.9 Å². The van der Waals surface area contributed by atoms with E-state index in [2.05, 4.69) is 52.8 Å². The van der Waals surface area contributed by atoms with E-state index in [-0.39, 0.29) is 36.1 Å². The van der Waals surface area contributed by atoms with E-state index in [0.717, 1.165) is 25.3 Å². The second-order valence-electron chi connectivity index (χ2n) is 13.7. The van der Waals surface area contributed by atoms with Gasteiger partial charge in [-0.05, 0) is 83.5 Å². The fourth-order valence-corrected chi connectivity index (χ4v) is 17.4. The van der Waals surface area contributed by atoms with Gasteiger partial charge >= 0.3 is 8.56 Å². The maximum atomic E-state index is 12.7. The summed E-state index contributed by atoms with van der Waals surface area (Å²) in [5.74, 6) is 0.328. The summed E-state index contributed by atoms with van der Waals surface area (Å²) in [7, 11) is -3.95. The number of carbonyl (C=O) groups is 2. The van der Waals surface area contributed by atoms with Crippen LogP contribution in [0.2, 0.25) is 51.9 Å². The molecule has 0 saturated heterocycles. The highest BCUT2D eigenvalue weighted by Crippen LogP contribution is 2.32. The van der Waals surface area contributed by atoms with Crippen LogP contribution >= 0.6 is 0 Å². The SMILES string of the molecule is COC1CC(C(=O)CC(=O)C(C)(C)C)CCC1OCC(C)CC[Si](C)(O[Si](C)(C)C)O[Si](C)(C)C. The lowest BCUT2D eigenvalue weighted by Gasteiger charge is -2.39. The molecule has 206 valence electrons. The molecule has 6 nitrogen and oxygen atoms in total. The third-order valence-corrected chi connectivity index (χ3v) is 15.9. The zero-order valence-corrected chi connectivity index (χ0v) is 27.7. The Morgan fingerprint density at radius 3 is 1.91 bits per heavy atom. The highest BCUT2D eigenvalue weighted by molar-refractivity contribution is 6.87. The normalized spacial score (nSPS) is 23.3. The Balaban J connectivity index is 2.61. The molecule has 9 heteroatoms. The molecule has 0 N–H and O–H groups in total. The lowest BCUT2D eigenvalue weighted by molar-refractivity contribution is -0.138. The van der Waals surface area contributed by atoms with Crippen molar-refractivity contribution in [3.8, 4) is 0 Å². The molecule has 0 aromatic heterocycles. The minimum atomic E-state index is -2.24. The fraction of sp³-hybridized carbons (Fsp3) is 0.923. The number of methoxy groups -OCH3 is 1. The molecule has 1 fully saturated rings. The standard InChI is InChI=1S/C26H54O6Si3/c1-20(15-16-35(12,31-33(6,7)8)32-34(9,10)11)19-30-23-14-13-21(17-24(23)29-5)22(27)18-25(28)26(2,3)4/h20-21,23-24H,13-19H2,1-12H3. The first-order valence-corrected chi connectivity index (χ1v) is 22.7. The van der Waals surface area contributed by atoms with E-state index in [4.69, 9.17) is 17.7 Å². The first-order valence-electron chi connectivity index (χ1n) is 13.4. The van der Waals surface area contributed by atoms with Crippen LogP contribution in [-0.4, -0.2) is 62.7 Å². The van der Waals surface area contributed by atoms with Crippen LogP contribution in [0.3, 0.4) is 0 Å². The summed E-state index contributed by atoms with van der Waals surface area (Å²) in [5, 5.41) is 0. The average Bonchev–Trinajstić information content (AvgIpc) is 2.66. The topological polar surface area (TPSA) is 71.1 Å². The van der Waals surface area contributed by atoms with Gasteiger partial charge in [0.2, 0.25) is 0 Å². The van der Waals surface area contributed by atoms with Crippen LogP contribution in [0, 0.1) is 17.3 Å². The van der Waals surface area contributed by atoms with E-state index in [1.54, 1.807) is 7.11 Å². The highest BCUT2D eigenvalue weighted by atomic mass is 28.5. The molecule has 0 spiro atoms. The number of ketones is 2. The van der Waals surface area contributed by atoms with E-state index in [1.807, 2.05) is 20.8 Å². The van der Waals surface area contributed by atoms with E-state index < -0.39 is 30.6 Å². The number of Topliss-reactive ketones (excluding diaryl/α,β-unsaturated/α-hetero) is 2. The first-order chi connectivity index (χ1) is 15.7. The van der Waals surface area contributed by atoms with Gasteiger partial charge in [0.05, 0.1) is 18.6 Å². The summed E-state index contributed by atoms with van der Waals surface area (Å²) < 4.78 is 25.3. The third-order valence-electron chi connectivity index (χ3n) is 6.39. The Hall–Kier alpha value is -0.169. The van der Waals surface area contributed by atoms with Crippen LogP contribution in [0.15, 0.2) is 0 Å². The summed E-state index contributed by atoms with van der Waals surface area (Å²) in [4.78, 5) is 25.0. The van der Waals surface area contributed by atoms with Gasteiger partial charge in [0.25, 0.3) is 0 Å². The van der Waals surface area contributed by atoms with Gasteiger partial charge in [0.1, 0.15) is 11.6 Å². The van der Waals surface area contributed by atoms with E-state index in [1.165, 1.54) is 0 Å². The van der Waals surface area contributed by atoms with Crippen molar-refractivity contribution in [1.82, 2.24) is 0 Å². The summed E-state index contributed by atoms with van der Waals surface area (Å²) >= 11 is 0. The van der Waals surface area contributed by atoms with Gasteiger partial charge in [-0.25, -0.2) is 0 Å². The predicted molar refractivity (Wildman–Crippen MR) is 151 cm³/mol. The van der Waals surface area contributed by atoms with Crippen LogP contribution in [0.5, 0.6) is 0 Å². The molecule has 1 rings (SSSR count). The number of hydrogen-bond donors (Lipinski definition) is 0. The minimum absolute atomic E-state index is 0.00934. The Bertz CT molecular complexity index is 677. The van der Waals surface area contributed by atoms with Crippen LogP contribution in [0.1, 0.15) is 59.8 Å². The van der Waals surface area contributed by atoms with Gasteiger partial charge in [0, 0.05) is 25.0 Å². The van der Waals surface area contributed by atoms with Crippen molar-refractivity contribution in [2.75, 3.05) is 13.7 Å². The molecule has 0 aromatic rings. The first kappa shape index (κ1) is 32.9. The van der Waals surface area contributed by atoms with Crippen molar-refractivity contribution >= 4 is 36.8 Å². The molecule has 0 bridgehead atoms. The molecule has 0 amide bonds. The number of rotatable bonds is 14. The molecule has 35 heavy (non-hydrogen) atoms. The van der Waals surface area contributed by atoms with Gasteiger partial charge in [0.15, 0.2) is 16.6 Å². The molecule has 1 aliphatic rings. The van der Waals surface area contributed by atoms with Crippen LogP contribution in [-0.2, 0) is 27.3 Å². The zero-order valence-electron chi connectivity index (χ0n) is 24.7. The number of hydrogen-bond acceptors (Lipinski definition) is 6. The largest absolute Gasteiger partial charge is 0.437 e. The molecule has 4 unspecified atom stereocenters. The van der Waals surface area contributed by atoms with E-state index in [9.17, 15) is 9.59 Å². The van der Waals surface area contributed by atoms with Gasteiger partial charge in [-0.1, -0.05) is 27.7 Å². The molecule has 4 atom stereocenters. The second kappa shape index (κ2) is 13.1. The van der Waals surface area contributed by atoms with Gasteiger partial charge < -0.3 is 17.7 Å². The van der Waals surface area contributed by atoms with Crippen molar-refractivity contribution < 1.29 is 27.3 Å². The third kappa shape index (κ3) is 12.8. The predicted octanol–water partition coefficient (Wildman–Crippen LogP) is 6.56. The number of carbonyl (C=O) groups excluding carboxylic acids is 2. The molecular weight excluding hydrogens is 493 g/mol. The molecular formula is C26H54O6Si3. The van der Waals surface area contributed by atoms with Crippen LogP contribution < -0.4 is 0 Å². The maximum Gasteiger partial charge on any atom is 0.314 e. The fourth-order valence-electron chi connectivity index (χ4n) is 4.70. The smallest absolute Gasteiger partial charge is 0.314 e.